The van der Waals surface area contributed by atoms with Crippen molar-refractivity contribution in [3.05, 3.63) is 30.4 Å². The van der Waals surface area contributed by atoms with Crippen LogP contribution in [0.5, 0.6) is 0 Å². The van der Waals surface area contributed by atoms with Gasteiger partial charge in [0.15, 0.2) is 0 Å². The van der Waals surface area contributed by atoms with Crippen LogP contribution >= 0.6 is 0 Å². The summed E-state index contributed by atoms with van der Waals surface area (Å²) in [6.45, 7) is 0. The third-order valence-corrected chi connectivity index (χ3v) is 2.63. The molecule has 13 heavy (non-hydrogen) atoms. The zero-order valence-electron chi connectivity index (χ0n) is 8.11. The summed E-state index contributed by atoms with van der Waals surface area (Å²) in [5.41, 5.74) is 1.24. The molecule has 70 valence electrons. The maximum Gasteiger partial charge on any atom is 0.0946 e. The average molecular weight is 176 g/mol. The van der Waals surface area contributed by atoms with Crippen molar-refractivity contribution in [2.45, 2.75) is 25.7 Å². The van der Waals surface area contributed by atoms with Gasteiger partial charge >= 0.3 is 0 Å². The van der Waals surface area contributed by atoms with Gasteiger partial charge in [0.2, 0.25) is 0 Å². The molecule has 0 bridgehead atoms. The second-order valence-electron chi connectivity index (χ2n) is 3.89. The number of hydrogen-bond acceptors (Lipinski definition) is 1. The summed E-state index contributed by atoms with van der Waals surface area (Å²) < 4.78 is 2.02. The summed E-state index contributed by atoms with van der Waals surface area (Å²) in [7, 11) is 2.03. The third-order valence-electron chi connectivity index (χ3n) is 2.63. The summed E-state index contributed by atoms with van der Waals surface area (Å²) in [5.74, 6) is 0.819. The van der Waals surface area contributed by atoms with Gasteiger partial charge in [-0.05, 0) is 31.6 Å². The number of imidazole rings is 1. The van der Waals surface area contributed by atoms with E-state index in [4.69, 9.17) is 0 Å². The molecule has 0 amide bonds. The molecule has 2 nitrogen and oxygen atoms in total. The molecular weight excluding hydrogens is 160 g/mol. The maximum atomic E-state index is 4.35. The first-order valence-corrected chi connectivity index (χ1v) is 4.96. The molecule has 0 aromatic carbocycles. The largest absolute Gasteiger partial charge is 0.340 e. The van der Waals surface area contributed by atoms with Crippen molar-refractivity contribution in [3.8, 4) is 0 Å². The van der Waals surface area contributed by atoms with Gasteiger partial charge < -0.3 is 4.57 Å². The summed E-state index contributed by atoms with van der Waals surface area (Å²) in [6.07, 6.45) is 13.5. The van der Waals surface area contributed by atoms with Crippen LogP contribution in [-0.4, -0.2) is 9.55 Å². The van der Waals surface area contributed by atoms with Gasteiger partial charge in [0.1, 0.15) is 0 Å². The van der Waals surface area contributed by atoms with Crippen LogP contribution in [0.2, 0.25) is 0 Å². The molecule has 1 unspecified atom stereocenters. The van der Waals surface area contributed by atoms with Crippen LogP contribution < -0.4 is 0 Å². The Morgan fingerprint density at radius 3 is 3.08 bits per heavy atom. The minimum atomic E-state index is 0.819. The van der Waals surface area contributed by atoms with E-state index >= 15 is 0 Å². The molecule has 2 rings (SSSR count). The lowest BCUT2D eigenvalue weighted by Crippen LogP contribution is -2.06. The molecule has 0 spiro atoms. The van der Waals surface area contributed by atoms with Crippen molar-refractivity contribution in [2.75, 3.05) is 0 Å². The van der Waals surface area contributed by atoms with E-state index in [1.807, 2.05) is 17.9 Å². The first kappa shape index (κ1) is 8.54. The monoisotopic (exact) mass is 176 g/mol. The van der Waals surface area contributed by atoms with Gasteiger partial charge in [-0.3, -0.25) is 0 Å². The molecule has 1 aliphatic carbocycles. The minimum absolute atomic E-state index is 0.819. The van der Waals surface area contributed by atoms with Crippen LogP contribution in [0, 0.1) is 5.92 Å². The lowest BCUT2D eigenvalue weighted by atomic mass is 9.90. The zero-order valence-corrected chi connectivity index (χ0v) is 8.11. The SMILES string of the molecule is Cn1cnc(CC2CC=CCC2)c1. The number of allylic oxidation sites excluding steroid dienone is 2. The Kier molecular flexibility index (Phi) is 2.48. The summed E-state index contributed by atoms with van der Waals surface area (Å²) >= 11 is 0. The van der Waals surface area contributed by atoms with Crippen molar-refractivity contribution in [2.24, 2.45) is 13.0 Å². The number of aromatic nitrogens is 2. The molecule has 0 N–H and O–H groups in total. The molecule has 2 heteroatoms. The molecule has 0 fully saturated rings. The molecule has 1 aromatic heterocycles. The first-order valence-electron chi connectivity index (χ1n) is 4.96. The summed E-state index contributed by atoms with van der Waals surface area (Å²) in [5, 5.41) is 0. The highest BCUT2D eigenvalue weighted by atomic mass is 15.0. The van der Waals surface area contributed by atoms with E-state index in [1.165, 1.54) is 25.0 Å². The molecular formula is C11H16N2. The molecule has 0 aliphatic heterocycles. The highest BCUT2D eigenvalue weighted by Gasteiger charge is 2.11. The highest BCUT2D eigenvalue weighted by Crippen LogP contribution is 2.21. The average Bonchev–Trinajstić information content (AvgIpc) is 2.53. The lowest BCUT2D eigenvalue weighted by molar-refractivity contribution is 0.473. The van der Waals surface area contributed by atoms with E-state index in [-0.39, 0.29) is 0 Å². The Morgan fingerprint density at radius 1 is 1.54 bits per heavy atom. The van der Waals surface area contributed by atoms with Gasteiger partial charge in [0, 0.05) is 13.2 Å². The standard InChI is InChI=1S/C11H16N2/c1-13-8-11(12-9-13)7-10-5-3-2-4-6-10/h2-3,8-10H,4-7H2,1H3. The van der Waals surface area contributed by atoms with Crippen molar-refractivity contribution < 1.29 is 0 Å². The van der Waals surface area contributed by atoms with Gasteiger partial charge in [-0.25, -0.2) is 4.98 Å². The zero-order chi connectivity index (χ0) is 9.10. The van der Waals surface area contributed by atoms with Crippen molar-refractivity contribution in [1.29, 1.82) is 0 Å². The van der Waals surface area contributed by atoms with Gasteiger partial charge in [0.05, 0.1) is 12.0 Å². The second kappa shape index (κ2) is 3.77. The molecule has 0 radical (unpaired) electrons. The molecule has 1 atom stereocenters. The Morgan fingerprint density at radius 2 is 2.46 bits per heavy atom. The highest BCUT2D eigenvalue weighted by molar-refractivity contribution is 5.00. The Bertz CT molecular complexity index is 299. The van der Waals surface area contributed by atoms with Crippen LogP contribution in [0.25, 0.3) is 0 Å². The second-order valence-corrected chi connectivity index (χ2v) is 3.89. The predicted octanol–water partition coefficient (Wildman–Crippen LogP) is 2.32. The molecule has 1 aromatic rings. The van der Waals surface area contributed by atoms with Gasteiger partial charge in [-0.2, -0.15) is 0 Å². The fraction of sp³-hybridized carbons (Fsp3) is 0.545. The fourth-order valence-electron chi connectivity index (χ4n) is 1.91. The molecule has 1 aliphatic rings. The van der Waals surface area contributed by atoms with E-state index in [2.05, 4.69) is 23.3 Å². The third kappa shape index (κ3) is 2.20. The number of aryl methyl sites for hydroxylation is 1. The van der Waals surface area contributed by atoms with Crippen molar-refractivity contribution in [3.63, 3.8) is 0 Å². The Hall–Kier alpha value is -1.05. The van der Waals surface area contributed by atoms with Crippen LogP contribution in [0.3, 0.4) is 0 Å². The van der Waals surface area contributed by atoms with E-state index in [0.717, 1.165) is 12.3 Å². The minimum Gasteiger partial charge on any atom is -0.340 e. The number of rotatable bonds is 2. The van der Waals surface area contributed by atoms with E-state index in [9.17, 15) is 0 Å². The fourth-order valence-corrected chi connectivity index (χ4v) is 1.91. The predicted molar refractivity (Wildman–Crippen MR) is 53.4 cm³/mol. The van der Waals surface area contributed by atoms with E-state index in [1.54, 1.807) is 0 Å². The first-order chi connectivity index (χ1) is 6.34. The summed E-state index contributed by atoms with van der Waals surface area (Å²) in [4.78, 5) is 4.35. The van der Waals surface area contributed by atoms with Crippen molar-refractivity contribution >= 4 is 0 Å². The molecule has 1 heterocycles. The summed E-state index contributed by atoms with van der Waals surface area (Å²) in [6, 6.07) is 0. The normalized spacial score (nSPS) is 22.1. The molecule has 0 saturated heterocycles. The maximum absolute atomic E-state index is 4.35. The van der Waals surface area contributed by atoms with Gasteiger partial charge in [-0.1, -0.05) is 12.2 Å². The van der Waals surface area contributed by atoms with Crippen LogP contribution in [-0.2, 0) is 13.5 Å². The molecule has 0 saturated carbocycles. The smallest absolute Gasteiger partial charge is 0.0946 e. The van der Waals surface area contributed by atoms with Gasteiger partial charge in [0.25, 0.3) is 0 Å². The van der Waals surface area contributed by atoms with E-state index in [0.29, 0.717) is 0 Å². The topological polar surface area (TPSA) is 17.8 Å². The Labute approximate surface area is 79.3 Å². The van der Waals surface area contributed by atoms with Crippen LogP contribution in [0.15, 0.2) is 24.7 Å². The van der Waals surface area contributed by atoms with Crippen molar-refractivity contribution in [1.82, 2.24) is 9.55 Å². The van der Waals surface area contributed by atoms with Crippen LogP contribution in [0.1, 0.15) is 25.0 Å². The lowest BCUT2D eigenvalue weighted by Gasteiger charge is -2.15. The van der Waals surface area contributed by atoms with Crippen LogP contribution in [0.4, 0.5) is 0 Å². The van der Waals surface area contributed by atoms with E-state index < -0.39 is 0 Å². The quantitative estimate of drug-likeness (QED) is 0.632. The van der Waals surface area contributed by atoms with Gasteiger partial charge in [-0.15, -0.1) is 0 Å². The number of hydrogen-bond donors (Lipinski definition) is 0. The Balaban J connectivity index is 1.94. The number of nitrogens with zero attached hydrogens (tertiary/aromatic N) is 2.